The molecule has 1 aromatic carbocycles. The Morgan fingerprint density at radius 2 is 2.12 bits per heavy atom. The van der Waals surface area contributed by atoms with Crippen molar-refractivity contribution in [3.8, 4) is 5.75 Å². The molecule has 0 aliphatic carbocycles. The number of aliphatic carboxylic acids is 1. The second-order valence-corrected chi connectivity index (χ2v) is 2.91. The Labute approximate surface area is 91.0 Å². The Bertz CT molecular complexity index is 452. The van der Waals surface area contributed by atoms with Crippen LogP contribution in [0.5, 0.6) is 5.75 Å². The summed E-state index contributed by atoms with van der Waals surface area (Å²) in [4.78, 5) is 21.0. The van der Waals surface area contributed by atoms with Gasteiger partial charge < -0.3 is 9.84 Å². The summed E-state index contributed by atoms with van der Waals surface area (Å²) in [6.45, 7) is 0. The Hall–Kier alpha value is -2.17. The van der Waals surface area contributed by atoms with Gasteiger partial charge in [0.05, 0.1) is 7.11 Å². The highest BCUT2D eigenvalue weighted by Crippen LogP contribution is 2.22. The first-order valence-electron chi connectivity index (χ1n) is 4.32. The van der Waals surface area contributed by atoms with E-state index in [9.17, 15) is 14.0 Å². The van der Waals surface area contributed by atoms with Crippen molar-refractivity contribution in [2.24, 2.45) is 0 Å². The van der Waals surface area contributed by atoms with Crippen molar-refractivity contribution in [1.29, 1.82) is 0 Å². The van der Waals surface area contributed by atoms with Gasteiger partial charge >= 0.3 is 5.97 Å². The van der Waals surface area contributed by atoms with Crippen molar-refractivity contribution in [3.63, 3.8) is 0 Å². The summed E-state index contributed by atoms with van der Waals surface area (Å²) >= 11 is 0. The summed E-state index contributed by atoms with van der Waals surface area (Å²) in [5.74, 6) is -1.89. The standard InChI is InChI=1S/C11H9FO4/c1-16-10-5-8(6-13)7(4-9(10)12)2-3-11(14)15/h2-6H,1H3,(H,14,15)/b3-2+. The third-order valence-corrected chi connectivity index (χ3v) is 1.89. The molecular formula is C11H9FO4. The quantitative estimate of drug-likeness (QED) is 0.625. The van der Waals surface area contributed by atoms with Crippen LogP contribution in [0.3, 0.4) is 0 Å². The lowest BCUT2D eigenvalue weighted by molar-refractivity contribution is -0.131. The lowest BCUT2D eigenvalue weighted by atomic mass is 10.1. The van der Waals surface area contributed by atoms with Crippen molar-refractivity contribution >= 4 is 18.3 Å². The highest BCUT2D eigenvalue weighted by Gasteiger charge is 2.08. The van der Waals surface area contributed by atoms with Gasteiger partial charge in [-0.25, -0.2) is 9.18 Å². The van der Waals surface area contributed by atoms with Crippen molar-refractivity contribution in [2.75, 3.05) is 7.11 Å². The van der Waals surface area contributed by atoms with Crippen LogP contribution in [0.15, 0.2) is 18.2 Å². The summed E-state index contributed by atoms with van der Waals surface area (Å²) in [6, 6.07) is 2.26. The molecule has 1 N–H and O–H groups in total. The van der Waals surface area contributed by atoms with Crippen LogP contribution in [0, 0.1) is 5.82 Å². The SMILES string of the molecule is COc1cc(C=O)c(/C=C/C(=O)O)cc1F. The number of benzene rings is 1. The monoisotopic (exact) mass is 224 g/mol. The van der Waals surface area contributed by atoms with Crippen LogP contribution in [0.1, 0.15) is 15.9 Å². The van der Waals surface area contributed by atoms with Crippen LogP contribution >= 0.6 is 0 Å². The fraction of sp³-hybridized carbons (Fsp3) is 0.0909. The van der Waals surface area contributed by atoms with E-state index in [0.717, 1.165) is 18.2 Å². The van der Waals surface area contributed by atoms with Gasteiger partial charge in [0.25, 0.3) is 0 Å². The molecule has 1 rings (SSSR count). The van der Waals surface area contributed by atoms with Gasteiger partial charge in [0, 0.05) is 11.6 Å². The summed E-state index contributed by atoms with van der Waals surface area (Å²) in [6.07, 6.45) is 2.48. The molecule has 0 aliphatic rings. The number of rotatable bonds is 4. The number of aldehydes is 1. The molecule has 0 radical (unpaired) electrons. The number of carbonyl (C=O) groups excluding carboxylic acids is 1. The lowest BCUT2D eigenvalue weighted by Crippen LogP contribution is -1.95. The first-order chi connectivity index (χ1) is 7.58. The molecule has 0 spiro atoms. The Morgan fingerprint density at radius 3 is 2.62 bits per heavy atom. The predicted molar refractivity (Wildman–Crippen MR) is 55.0 cm³/mol. The van der Waals surface area contributed by atoms with Crippen molar-refractivity contribution in [2.45, 2.75) is 0 Å². The van der Waals surface area contributed by atoms with Crippen LogP contribution < -0.4 is 4.74 Å². The zero-order valence-electron chi connectivity index (χ0n) is 8.44. The lowest BCUT2D eigenvalue weighted by Gasteiger charge is -2.05. The second-order valence-electron chi connectivity index (χ2n) is 2.91. The van der Waals surface area contributed by atoms with Crippen LogP contribution in [-0.2, 0) is 4.79 Å². The Morgan fingerprint density at radius 1 is 1.44 bits per heavy atom. The number of halogens is 1. The van der Waals surface area contributed by atoms with Crippen LogP contribution in [0.2, 0.25) is 0 Å². The highest BCUT2D eigenvalue weighted by molar-refractivity contribution is 5.89. The third-order valence-electron chi connectivity index (χ3n) is 1.89. The van der Waals surface area contributed by atoms with Crippen molar-refractivity contribution < 1.29 is 23.8 Å². The van der Waals surface area contributed by atoms with E-state index in [2.05, 4.69) is 0 Å². The van der Waals surface area contributed by atoms with Gasteiger partial charge in [0.15, 0.2) is 17.9 Å². The van der Waals surface area contributed by atoms with E-state index in [1.54, 1.807) is 0 Å². The van der Waals surface area contributed by atoms with Gasteiger partial charge in [-0.1, -0.05) is 0 Å². The van der Waals surface area contributed by atoms with Crippen LogP contribution in [0.25, 0.3) is 6.08 Å². The maximum absolute atomic E-state index is 13.3. The molecule has 0 saturated heterocycles. The largest absolute Gasteiger partial charge is 0.494 e. The summed E-state index contributed by atoms with van der Waals surface area (Å²) in [7, 11) is 1.28. The van der Waals surface area contributed by atoms with Gasteiger partial charge in [-0.15, -0.1) is 0 Å². The number of hydrogen-bond donors (Lipinski definition) is 1. The molecule has 0 amide bonds. The zero-order chi connectivity index (χ0) is 12.1. The topological polar surface area (TPSA) is 63.6 Å². The molecule has 1 aromatic rings. The maximum atomic E-state index is 13.3. The fourth-order valence-electron chi connectivity index (χ4n) is 1.15. The molecule has 0 heterocycles. The second kappa shape index (κ2) is 5.06. The minimum Gasteiger partial charge on any atom is -0.494 e. The van der Waals surface area contributed by atoms with E-state index in [4.69, 9.17) is 9.84 Å². The van der Waals surface area contributed by atoms with E-state index in [1.165, 1.54) is 13.2 Å². The number of carboxylic acids is 1. The molecule has 0 atom stereocenters. The summed E-state index contributed by atoms with van der Waals surface area (Å²) < 4.78 is 18.0. The third kappa shape index (κ3) is 2.66. The average Bonchev–Trinajstić information content (AvgIpc) is 2.26. The predicted octanol–water partition coefficient (Wildman–Crippen LogP) is 1.74. The Kier molecular flexibility index (Phi) is 3.77. The van der Waals surface area contributed by atoms with Gasteiger partial charge in [-0.05, 0) is 23.8 Å². The molecule has 0 bridgehead atoms. The normalized spacial score (nSPS) is 10.4. The van der Waals surface area contributed by atoms with Crippen molar-refractivity contribution in [1.82, 2.24) is 0 Å². The van der Waals surface area contributed by atoms with E-state index < -0.39 is 11.8 Å². The number of ether oxygens (including phenoxy) is 1. The Balaban J connectivity index is 3.23. The van der Waals surface area contributed by atoms with Gasteiger partial charge in [0.2, 0.25) is 0 Å². The molecule has 0 saturated carbocycles. The molecule has 0 aliphatic heterocycles. The molecule has 4 nitrogen and oxygen atoms in total. The fourth-order valence-corrected chi connectivity index (χ4v) is 1.15. The molecular weight excluding hydrogens is 215 g/mol. The van der Waals surface area contributed by atoms with E-state index in [1.807, 2.05) is 0 Å². The molecule has 84 valence electrons. The first kappa shape index (κ1) is 11.9. The maximum Gasteiger partial charge on any atom is 0.328 e. The molecule has 0 aromatic heterocycles. The molecule has 16 heavy (non-hydrogen) atoms. The number of methoxy groups -OCH3 is 1. The summed E-state index contributed by atoms with van der Waals surface area (Å²) in [5.41, 5.74) is 0.353. The zero-order valence-corrected chi connectivity index (χ0v) is 8.44. The van der Waals surface area contributed by atoms with Crippen molar-refractivity contribution in [3.05, 3.63) is 35.2 Å². The van der Waals surface area contributed by atoms with Gasteiger partial charge in [-0.2, -0.15) is 0 Å². The minimum absolute atomic E-state index is 0.0606. The van der Waals surface area contributed by atoms with Gasteiger partial charge in [0.1, 0.15) is 0 Å². The molecule has 0 fully saturated rings. The molecule has 0 unspecified atom stereocenters. The highest BCUT2D eigenvalue weighted by atomic mass is 19.1. The van der Waals surface area contributed by atoms with E-state index in [0.29, 0.717) is 6.29 Å². The summed E-state index contributed by atoms with van der Waals surface area (Å²) in [5, 5.41) is 8.41. The van der Waals surface area contributed by atoms with Crippen LogP contribution in [0.4, 0.5) is 4.39 Å². The number of hydrogen-bond acceptors (Lipinski definition) is 3. The number of carbonyl (C=O) groups is 2. The van der Waals surface area contributed by atoms with E-state index >= 15 is 0 Å². The van der Waals surface area contributed by atoms with E-state index in [-0.39, 0.29) is 16.9 Å². The minimum atomic E-state index is -1.17. The smallest absolute Gasteiger partial charge is 0.328 e. The average molecular weight is 224 g/mol. The molecule has 5 heteroatoms. The van der Waals surface area contributed by atoms with Crippen LogP contribution in [-0.4, -0.2) is 24.5 Å². The van der Waals surface area contributed by atoms with Gasteiger partial charge in [-0.3, -0.25) is 4.79 Å². The first-order valence-corrected chi connectivity index (χ1v) is 4.32. The number of carboxylic acid groups (broad SMARTS) is 1.